The van der Waals surface area contributed by atoms with Crippen LogP contribution in [0.25, 0.3) is 0 Å². The molecule has 0 aliphatic carbocycles. The third-order valence-corrected chi connectivity index (χ3v) is 2.00. The molecule has 0 spiro atoms. The molecule has 1 aromatic carbocycles. The molecule has 5 heteroatoms. The molecule has 0 aliphatic rings. The number of Topliss-reactive ketones (excluding diaryl/α,β-unsaturated/α-hetero) is 1. The maximum atomic E-state index is 11.6. The summed E-state index contributed by atoms with van der Waals surface area (Å²) in [4.78, 5) is 22.8. The highest BCUT2D eigenvalue weighted by atomic mass is 16.5. The Bertz CT molecular complexity index is 364. The third kappa shape index (κ3) is 2.88. The first kappa shape index (κ1) is 12.4. The van der Waals surface area contributed by atoms with Crippen LogP contribution in [0.4, 0.5) is 0 Å². The second kappa shape index (κ2) is 5.99. The van der Waals surface area contributed by atoms with Crippen LogP contribution in [0.3, 0.4) is 0 Å². The first-order valence-electron chi connectivity index (χ1n) is 4.86. The van der Waals surface area contributed by atoms with Crippen LogP contribution in [0, 0.1) is 0 Å². The van der Waals surface area contributed by atoms with E-state index >= 15 is 0 Å². The van der Waals surface area contributed by atoms with Crippen molar-refractivity contribution in [3.63, 3.8) is 0 Å². The largest absolute Gasteiger partial charge is 0.460 e. The average molecular weight is 223 g/mol. The molecule has 1 unspecified atom stereocenters. The summed E-state index contributed by atoms with van der Waals surface area (Å²) in [7, 11) is 0. The first-order valence-corrected chi connectivity index (χ1v) is 4.86. The highest BCUT2D eigenvalue weighted by Gasteiger charge is 2.27. The first-order chi connectivity index (χ1) is 7.70. The van der Waals surface area contributed by atoms with Gasteiger partial charge in [-0.1, -0.05) is 30.3 Å². The lowest BCUT2D eigenvalue weighted by Crippen LogP contribution is -2.32. The lowest BCUT2D eigenvalue weighted by atomic mass is 10.0. The summed E-state index contributed by atoms with van der Waals surface area (Å²) in [6, 6.07) is 7.36. The summed E-state index contributed by atoms with van der Waals surface area (Å²) in [5.41, 5.74) is 2.31. The molecule has 0 radical (unpaired) electrons. The summed E-state index contributed by atoms with van der Waals surface area (Å²) in [6.45, 7) is 1.73. The number of rotatable bonds is 5. The van der Waals surface area contributed by atoms with Crippen molar-refractivity contribution in [1.29, 1.82) is 0 Å². The van der Waals surface area contributed by atoms with E-state index in [-0.39, 0.29) is 6.61 Å². The number of hydrogen-bond acceptors (Lipinski definition) is 5. The topological polar surface area (TPSA) is 75.6 Å². The van der Waals surface area contributed by atoms with Crippen molar-refractivity contribution in [2.75, 3.05) is 6.61 Å². The molecule has 86 valence electrons. The molecule has 0 heterocycles. The number of hydrogen-bond donors (Lipinski definition) is 2. The molecule has 1 rings (SSSR count). The van der Waals surface area contributed by atoms with E-state index in [1.165, 1.54) is 0 Å². The highest BCUT2D eigenvalue weighted by molar-refractivity contribution is 6.35. The molecule has 16 heavy (non-hydrogen) atoms. The Morgan fingerprint density at radius 1 is 1.38 bits per heavy atom. The van der Waals surface area contributed by atoms with Crippen LogP contribution in [-0.2, 0) is 14.3 Å². The zero-order valence-electron chi connectivity index (χ0n) is 8.84. The van der Waals surface area contributed by atoms with Crippen LogP contribution >= 0.6 is 0 Å². The van der Waals surface area contributed by atoms with Crippen molar-refractivity contribution in [3.05, 3.63) is 35.9 Å². The summed E-state index contributed by atoms with van der Waals surface area (Å²) >= 11 is 0. The van der Waals surface area contributed by atoms with Gasteiger partial charge in [0.1, 0.15) is 6.04 Å². The Morgan fingerprint density at radius 3 is 2.50 bits per heavy atom. The van der Waals surface area contributed by atoms with Crippen molar-refractivity contribution in [1.82, 2.24) is 5.48 Å². The van der Waals surface area contributed by atoms with E-state index in [4.69, 9.17) is 5.21 Å². The van der Waals surface area contributed by atoms with Crippen molar-refractivity contribution in [2.24, 2.45) is 0 Å². The van der Waals surface area contributed by atoms with Crippen LogP contribution in [0.5, 0.6) is 0 Å². The van der Waals surface area contributed by atoms with Gasteiger partial charge >= 0.3 is 5.97 Å². The number of carbonyl (C=O) groups excluding carboxylic acids is 2. The maximum absolute atomic E-state index is 11.6. The summed E-state index contributed by atoms with van der Waals surface area (Å²) in [6.07, 6.45) is 0. The van der Waals surface area contributed by atoms with Gasteiger partial charge in [0.05, 0.1) is 6.61 Å². The van der Waals surface area contributed by atoms with E-state index in [9.17, 15) is 9.59 Å². The SMILES string of the molecule is CCOC(=O)C(=O)C(NO)c1ccccc1. The van der Waals surface area contributed by atoms with Crippen molar-refractivity contribution in [2.45, 2.75) is 13.0 Å². The van der Waals surface area contributed by atoms with Gasteiger partial charge in [-0.15, -0.1) is 0 Å². The fourth-order valence-corrected chi connectivity index (χ4v) is 1.25. The molecule has 2 N–H and O–H groups in total. The quantitative estimate of drug-likeness (QED) is 0.439. The van der Waals surface area contributed by atoms with E-state index in [2.05, 4.69) is 4.74 Å². The molecule has 0 aromatic heterocycles. The lowest BCUT2D eigenvalue weighted by Gasteiger charge is -2.12. The van der Waals surface area contributed by atoms with E-state index in [1.807, 2.05) is 5.48 Å². The standard InChI is InChI=1S/C11H13NO4/c1-2-16-11(14)10(13)9(12-15)8-6-4-3-5-7-8/h3-7,9,12,15H,2H2,1H3. The van der Waals surface area contributed by atoms with Gasteiger partial charge in [-0.25, -0.2) is 4.79 Å². The van der Waals surface area contributed by atoms with E-state index in [0.717, 1.165) is 0 Å². The number of ether oxygens (including phenoxy) is 1. The fourth-order valence-electron chi connectivity index (χ4n) is 1.25. The number of benzene rings is 1. The summed E-state index contributed by atoms with van der Waals surface area (Å²) in [5.74, 6) is -1.78. The smallest absolute Gasteiger partial charge is 0.376 e. The van der Waals surface area contributed by atoms with Crippen LogP contribution in [0.2, 0.25) is 0 Å². The van der Waals surface area contributed by atoms with Gasteiger partial charge in [-0.3, -0.25) is 4.79 Å². The van der Waals surface area contributed by atoms with E-state index in [0.29, 0.717) is 5.56 Å². The molecule has 0 saturated heterocycles. The Balaban J connectivity index is 2.83. The minimum atomic E-state index is -1.08. The normalized spacial score (nSPS) is 11.9. The van der Waals surface area contributed by atoms with E-state index in [1.54, 1.807) is 37.3 Å². The van der Waals surface area contributed by atoms with E-state index < -0.39 is 17.8 Å². The maximum Gasteiger partial charge on any atom is 0.376 e. The predicted octanol–water partition coefficient (Wildman–Crippen LogP) is 0.839. The van der Waals surface area contributed by atoms with Crippen molar-refractivity contribution in [3.8, 4) is 0 Å². The van der Waals surface area contributed by atoms with Gasteiger partial charge < -0.3 is 9.94 Å². The summed E-state index contributed by atoms with van der Waals surface area (Å²) < 4.78 is 4.57. The van der Waals surface area contributed by atoms with Gasteiger partial charge in [0.25, 0.3) is 5.78 Å². The molecule has 0 fully saturated rings. The number of nitrogens with one attached hydrogen (secondary N) is 1. The fraction of sp³-hybridized carbons (Fsp3) is 0.273. The van der Waals surface area contributed by atoms with Crippen molar-refractivity contribution < 1.29 is 19.5 Å². The Hall–Kier alpha value is -1.72. The Labute approximate surface area is 93.0 Å². The van der Waals surface area contributed by atoms with Gasteiger partial charge in [-0.2, -0.15) is 5.48 Å². The van der Waals surface area contributed by atoms with Crippen LogP contribution in [0.1, 0.15) is 18.5 Å². The van der Waals surface area contributed by atoms with Crippen LogP contribution < -0.4 is 5.48 Å². The number of carbonyl (C=O) groups is 2. The molecule has 1 aromatic rings. The van der Waals surface area contributed by atoms with Gasteiger partial charge in [-0.05, 0) is 12.5 Å². The average Bonchev–Trinajstić information content (AvgIpc) is 2.31. The number of ketones is 1. The minimum Gasteiger partial charge on any atom is -0.460 e. The Morgan fingerprint density at radius 2 is 2.00 bits per heavy atom. The molecule has 0 saturated carbocycles. The van der Waals surface area contributed by atoms with Gasteiger partial charge in [0.15, 0.2) is 0 Å². The molecule has 0 aliphatic heterocycles. The monoisotopic (exact) mass is 223 g/mol. The highest BCUT2D eigenvalue weighted by Crippen LogP contribution is 2.13. The van der Waals surface area contributed by atoms with Crippen LogP contribution in [0.15, 0.2) is 30.3 Å². The molecule has 0 amide bonds. The predicted molar refractivity (Wildman–Crippen MR) is 55.7 cm³/mol. The number of esters is 1. The zero-order valence-corrected chi connectivity index (χ0v) is 8.84. The van der Waals surface area contributed by atoms with Gasteiger partial charge in [0, 0.05) is 0 Å². The molecule has 0 bridgehead atoms. The lowest BCUT2D eigenvalue weighted by molar-refractivity contribution is -0.155. The molecular formula is C11H13NO4. The zero-order chi connectivity index (χ0) is 12.0. The molecular weight excluding hydrogens is 210 g/mol. The van der Waals surface area contributed by atoms with Crippen LogP contribution in [-0.4, -0.2) is 23.6 Å². The second-order valence-electron chi connectivity index (χ2n) is 3.06. The van der Waals surface area contributed by atoms with Crippen molar-refractivity contribution >= 4 is 11.8 Å². The minimum absolute atomic E-state index is 0.123. The molecule has 1 atom stereocenters. The summed E-state index contributed by atoms with van der Waals surface area (Å²) in [5, 5.41) is 8.89. The second-order valence-corrected chi connectivity index (χ2v) is 3.06. The Kier molecular flexibility index (Phi) is 4.63. The van der Waals surface area contributed by atoms with Gasteiger partial charge in [0.2, 0.25) is 0 Å². The third-order valence-electron chi connectivity index (χ3n) is 2.00. The molecule has 5 nitrogen and oxygen atoms in total. The number of hydroxylamine groups is 1.